The van der Waals surface area contributed by atoms with Crippen molar-refractivity contribution < 1.29 is 17.9 Å². The number of sulfone groups is 1. The van der Waals surface area contributed by atoms with Gasteiger partial charge in [0.2, 0.25) is 9.84 Å². The average Bonchev–Trinajstić information content (AvgIpc) is 3.07. The van der Waals surface area contributed by atoms with Gasteiger partial charge in [-0.1, -0.05) is 15.9 Å². The highest BCUT2D eigenvalue weighted by Gasteiger charge is 2.35. The fourth-order valence-electron chi connectivity index (χ4n) is 2.81. The molecule has 2 aromatic rings. The van der Waals surface area contributed by atoms with Crippen LogP contribution in [-0.4, -0.2) is 33.6 Å². The highest BCUT2D eigenvalue weighted by molar-refractivity contribution is 9.10. The van der Waals surface area contributed by atoms with Crippen molar-refractivity contribution in [3.8, 4) is 5.75 Å². The monoisotopic (exact) mass is 454 g/mol. The Balaban J connectivity index is 2.06. The smallest absolute Gasteiger partial charge is 0.206 e. The topological polar surface area (TPSA) is 52.6 Å². The minimum absolute atomic E-state index is 0.151. The number of ether oxygens (including phenoxy) is 2. The molecule has 3 rings (SSSR count). The third-order valence-corrected chi connectivity index (χ3v) is 7.23. The van der Waals surface area contributed by atoms with Crippen LogP contribution in [0.4, 0.5) is 0 Å². The summed E-state index contributed by atoms with van der Waals surface area (Å²) in [4.78, 5) is 0.610. The van der Waals surface area contributed by atoms with Gasteiger partial charge < -0.3 is 9.47 Å². The van der Waals surface area contributed by atoms with Gasteiger partial charge in [-0.25, -0.2) is 8.42 Å². The van der Waals surface area contributed by atoms with Crippen LogP contribution in [0.2, 0.25) is 0 Å². The highest BCUT2D eigenvalue weighted by Crippen LogP contribution is 2.39. The van der Waals surface area contributed by atoms with Gasteiger partial charge in [-0.2, -0.15) is 11.8 Å². The molecule has 1 aliphatic rings. The van der Waals surface area contributed by atoms with E-state index in [1.165, 1.54) is 0 Å². The Morgan fingerprint density at radius 1 is 1.15 bits per heavy atom. The largest absolute Gasteiger partial charge is 0.497 e. The van der Waals surface area contributed by atoms with Crippen molar-refractivity contribution >= 4 is 43.3 Å². The van der Waals surface area contributed by atoms with Crippen LogP contribution in [0, 0.1) is 0 Å². The van der Waals surface area contributed by atoms with Crippen LogP contribution < -0.4 is 4.74 Å². The first-order valence-corrected chi connectivity index (χ1v) is 11.7. The number of benzene rings is 2. The van der Waals surface area contributed by atoms with E-state index in [0.717, 1.165) is 15.8 Å². The Hall–Kier alpha value is -1.44. The van der Waals surface area contributed by atoms with Crippen molar-refractivity contribution in [3.63, 3.8) is 0 Å². The molecule has 1 unspecified atom stereocenters. The molecular formula is C19H19BrO4S2. The van der Waals surface area contributed by atoms with Crippen molar-refractivity contribution in [2.45, 2.75) is 17.4 Å². The fraction of sp³-hybridized carbons (Fsp3) is 0.263. The normalized spacial score (nSPS) is 17.3. The molecule has 138 valence electrons. The molecule has 0 spiro atoms. The van der Waals surface area contributed by atoms with E-state index in [1.807, 2.05) is 18.4 Å². The Kier molecular flexibility index (Phi) is 5.99. The summed E-state index contributed by atoms with van der Waals surface area (Å²) in [6, 6.07) is 13.9. The van der Waals surface area contributed by atoms with Gasteiger partial charge in [0, 0.05) is 22.2 Å². The lowest BCUT2D eigenvalue weighted by Crippen LogP contribution is -2.11. The zero-order valence-corrected chi connectivity index (χ0v) is 17.7. The number of halogens is 1. The fourth-order valence-corrected chi connectivity index (χ4v) is 5.23. The molecule has 0 saturated heterocycles. The third-order valence-electron chi connectivity index (χ3n) is 4.10. The van der Waals surface area contributed by atoms with Crippen LogP contribution in [-0.2, 0) is 14.6 Å². The number of hydrogen-bond donors (Lipinski definition) is 0. The molecule has 1 atom stereocenters. The lowest BCUT2D eigenvalue weighted by Gasteiger charge is -2.12. The summed E-state index contributed by atoms with van der Waals surface area (Å²) in [7, 11) is -2.03. The van der Waals surface area contributed by atoms with E-state index < -0.39 is 9.84 Å². The minimum Gasteiger partial charge on any atom is -0.497 e. The quantitative estimate of drug-likeness (QED) is 0.629. The maximum absolute atomic E-state index is 13.2. The first kappa shape index (κ1) is 19.3. The van der Waals surface area contributed by atoms with Gasteiger partial charge >= 0.3 is 0 Å². The molecule has 4 nitrogen and oxygen atoms in total. The van der Waals surface area contributed by atoms with Gasteiger partial charge in [0.05, 0.1) is 16.9 Å². The molecule has 0 amide bonds. The zero-order valence-electron chi connectivity index (χ0n) is 14.4. The molecule has 7 heteroatoms. The Bertz CT molecular complexity index is 904. The van der Waals surface area contributed by atoms with Crippen molar-refractivity contribution in [1.82, 2.24) is 0 Å². The van der Waals surface area contributed by atoms with Crippen LogP contribution >= 0.6 is 27.7 Å². The van der Waals surface area contributed by atoms with Gasteiger partial charge in [-0.05, 0) is 54.8 Å². The maximum Gasteiger partial charge on any atom is 0.206 e. The molecule has 2 aromatic carbocycles. The van der Waals surface area contributed by atoms with Crippen LogP contribution in [0.1, 0.15) is 12.0 Å². The van der Waals surface area contributed by atoms with Crippen LogP contribution in [0.3, 0.4) is 0 Å². The molecule has 0 bridgehead atoms. The summed E-state index contributed by atoms with van der Waals surface area (Å²) in [5.74, 6) is 1.89. The van der Waals surface area contributed by atoms with E-state index >= 15 is 0 Å². The van der Waals surface area contributed by atoms with Crippen molar-refractivity contribution in [1.29, 1.82) is 0 Å². The summed E-state index contributed by atoms with van der Waals surface area (Å²) >= 11 is 4.98. The molecule has 0 aliphatic carbocycles. The average molecular weight is 455 g/mol. The lowest BCUT2D eigenvalue weighted by atomic mass is 10.1. The van der Waals surface area contributed by atoms with Crippen LogP contribution in [0.15, 0.2) is 62.8 Å². The summed E-state index contributed by atoms with van der Waals surface area (Å²) in [6.07, 6.45) is 2.21. The van der Waals surface area contributed by atoms with Gasteiger partial charge in [0.15, 0.2) is 0 Å². The molecule has 0 N–H and O–H groups in total. The van der Waals surface area contributed by atoms with Crippen molar-refractivity contribution in [3.05, 3.63) is 63.5 Å². The highest BCUT2D eigenvalue weighted by atomic mass is 79.9. The molecule has 0 saturated carbocycles. The van der Waals surface area contributed by atoms with Crippen molar-refractivity contribution in [2.24, 2.45) is 0 Å². The SMILES string of the molecule is COc1ccc(C2=C(S(=O)(=O)c3ccc(Br)cc3)CC(CSC)O2)cc1. The number of rotatable bonds is 6. The van der Waals surface area contributed by atoms with Gasteiger partial charge in [-0.3, -0.25) is 0 Å². The van der Waals surface area contributed by atoms with Gasteiger partial charge in [0.1, 0.15) is 17.6 Å². The standard InChI is InChI=1S/C19H19BrO4S2/c1-23-15-7-3-13(4-8-15)19-18(11-16(24-19)12-25-2)26(21,22)17-9-5-14(20)6-10-17/h3-10,16H,11-12H2,1-2H3. The predicted octanol–water partition coefficient (Wildman–Crippen LogP) is 4.75. The number of hydrogen-bond acceptors (Lipinski definition) is 5. The molecule has 1 heterocycles. The van der Waals surface area contributed by atoms with Crippen LogP contribution in [0.5, 0.6) is 5.75 Å². The van der Waals surface area contributed by atoms with E-state index in [0.29, 0.717) is 22.8 Å². The Labute approximate surface area is 166 Å². The molecule has 1 aliphatic heterocycles. The summed E-state index contributed by atoms with van der Waals surface area (Å²) in [5, 5.41) is 0. The molecule has 0 fully saturated rings. The summed E-state index contributed by atoms with van der Waals surface area (Å²) in [5.41, 5.74) is 0.741. The van der Waals surface area contributed by atoms with Crippen molar-refractivity contribution in [2.75, 3.05) is 19.1 Å². The van der Waals surface area contributed by atoms with E-state index in [2.05, 4.69) is 15.9 Å². The third kappa shape index (κ3) is 3.94. The van der Waals surface area contributed by atoms with Crippen LogP contribution in [0.25, 0.3) is 5.76 Å². The second-order valence-electron chi connectivity index (χ2n) is 5.84. The Morgan fingerprint density at radius 3 is 2.38 bits per heavy atom. The number of methoxy groups -OCH3 is 1. The first-order valence-electron chi connectivity index (χ1n) is 7.99. The summed E-state index contributed by atoms with van der Waals surface area (Å²) < 4.78 is 38.5. The molecule has 0 radical (unpaired) electrons. The van der Waals surface area contributed by atoms with E-state index in [-0.39, 0.29) is 11.0 Å². The van der Waals surface area contributed by atoms with E-state index in [4.69, 9.17) is 9.47 Å². The zero-order chi connectivity index (χ0) is 18.7. The molecule has 26 heavy (non-hydrogen) atoms. The lowest BCUT2D eigenvalue weighted by molar-refractivity contribution is 0.215. The molecular weight excluding hydrogens is 436 g/mol. The second kappa shape index (κ2) is 8.06. The Morgan fingerprint density at radius 2 is 1.81 bits per heavy atom. The number of thioether (sulfide) groups is 1. The first-order chi connectivity index (χ1) is 12.5. The van der Waals surface area contributed by atoms with E-state index in [1.54, 1.807) is 55.3 Å². The van der Waals surface area contributed by atoms with E-state index in [9.17, 15) is 8.42 Å². The molecule has 0 aromatic heterocycles. The minimum atomic E-state index is -3.63. The predicted molar refractivity (Wildman–Crippen MR) is 109 cm³/mol. The van der Waals surface area contributed by atoms with Gasteiger partial charge in [0.25, 0.3) is 0 Å². The van der Waals surface area contributed by atoms with Gasteiger partial charge in [-0.15, -0.1) is 0 Å². The maximum atomic E-state index is 13.2. The second-order valence-corrected chi connectivity index (χ2v) is 9.63. The summed E-state index contributed by atoms with van der Waals surface area (Å²) in [6.45, 7) is 0.